The summed E-state index contributed by atoms with van der Waals surface area (Å²) in [5.41, 5.74) is 2.03. The standard InChI is InChI=1S/C14H10BrN/c15-13-9-10-14(16-11-13)8-4-7-12-5-2-1-3-6-12/h1-3,5-6,9-11H,7H2. The van der Waals surface area contributed by atoms with Crippen LogP contribution in [0, 0.1) is 11.8 Å². The highest BCUT2D eigenvalue weighted by atomic mass is 79.9. The highest BCUT2D eigenvalue weighted by Gasteiger charge is 1.89. The molecular formula is C14H10BrN. The van der Waals surface area contributed by atoms with Crippen molar-refractivity contribution in [1.29, 1.82) is 0 Å². The molecule has 2 rings (SSSR count). The molecule has 1 heterocycles. The SMILES string of the molecule is Brc1ccc(C#CCc2ccccc2)nc1. The van der Waals surface area contributed by atoms with Crippen LogP contribution in [-0.4, -0.2) is 4.98 Å². The van der Waals surface area contributed by atoms with Gasteiger partial charge in [0.1, 0.15) is 5.69 Å². The fourth-order valence-electron chi connectivity index (χ4n) is 1.28. The monoisotopic (exact) mass is 271 g/mol. The summed E-state index contributed by atoms with van der Waals surface area (Å²) in [7, 11) is 0. The zero-order valence-corrected chi connectivity index (χ0v) is 10.2. The van der Waals surface area contributed by atoms with Gasteiger partial charge in [0, 0.05) is 17.1 Å². The minimum Gasteiger partial charge on any atom is -0.247 e. The molecule has 0 aliphatic carbocycles. The van der Waals surface area contributed by atoms with Crippen molar-refractivity contribution in [2.24, 2.45) is 0 Å². The first-order chi connectivity index (χ1) is 7.84. The molecule has 0 spiro atoms. The van der Waals surface area contributed by atoms with Gasteiger partial charge in [-0.1, -0.05) is 36.3 Å². The molecule has 0 bridgehead atoms. The van der Waals surface area contributed by atoms with E-state index in [9.17, 15) is 0 Å². The Labute approximate surface area is 104 Å². The smallest absolute Gasteiger partial charge is 0.113 e. The van der Waals surface area contributed by atoms with Crippen LogP contribution >= 0.6 is 15.9 Å². The predicted molar refractivity (Wildman–Crippen MR) is 69.0 cm³/mol. The first-order valence-electron chi connectivity index (χ1n) is 4.99. The summed E-state index contributed by atoms with van der Waals surface area (Å²) in [6, 6.07) is 14.0. The van der Waals surface area contributed by atoms with Crippen molar-refractivity contribution < 1.29 is 0 Å². The van der Waals surface area contributed by atoms with Crippen molar-refractivity contribution in [2.45, 2.75) is 6.42 Å². The Morgan fingerprint density at radius 2 is 1.88 bits per heavy atom. The average molecular weight is 272 g/mol. The van der Waals surface area contributed by atoms with Crippen molar-refractivity contribution in [2.75, 3.05) is 0 Å². The third-order valence-corrected chi connectivity index (χ3v) is 2.55. The Bertz CT molecular complexity index is 506. The van der Waals surface area contributed by atoms with Crippen LogP contribution in [0.2, 0.25) is 0 Å². The molecule has 1 aromatic heterocycles. The number of pyridine rings is 1. The number of aromatic nitrogens is 1. The largest absolute Gasteiger partial charge is 0.247 e. The Hall–Kier alpha value is -1.59. The molecule has 0 amide bonds. The molecule has 0 radical (unpaired) electrons. The average Bonchev–Trinajstić information content (AvgIpc) is 2.33. The second-order valence-corrected chi connectivity index (χ2v) is 4.24. The van der Waals surface area contributed by atoms with E-state index >= 15 is 0 Å². The van der Waals surface area contributed by atoms with E-state index in [-0.39, 0.29) is 0 Å². The van der Waals surface area contributed by atoms with E-state index in [0.29, 0.717) is 0 Å². The van der Waals surface area contributed by atoms with E-state index in [0.717, 1.165) is 16.6 Å². The van der Waals surface area contributed by atoms with Crippen LogP contribution in [0.4, 0.5) is 0 Å². The molecule has 2 heteroatoms. The lowest BCUT2D eigenvalue weighted by atomic mass is 10.1. The van der Waals surface area contributed by atoms with E-state index in [1.165, 1.54) is 5.56 Å². The van der Waals surface area contributed by atoms with Crippen LogP contribution in [-0.2, 0) is 6.42 Å². The molecule has 2 aromatic rings. The molecule has 0 atom stereocenters. The first kappa shape index (κ1) is 10.9. The van der Waals surface area contributed by atoms with Crippen LogP contribution in [0.25, 0.3) is 0 Å². The van der Waals surface area contributed by atoms with E-state index in [1.807, 2.05) is 30.3 Å². The Morgan fingerprint density at radius 3 is 2.56 bits per heavy atom. The summed E-state index contributed by atoms with van der Waals surface area (Å²) < 4.78 is 0.973. The van der Waals surface area contributed by atoms with Gasteiger partial charge in [0.15, 0.2) is 0 Å². The maximum Gasteiger partial charge on any atom is 0.113 e. The number of hydrogen-bond acceptors (Lipinski definition) is 1. The quantitative estimate of drug-likeness (QED) is 0.725. The Balaban J connectivity index is 2.03. The molecule has 0 N–H and O–H groups in total. The maximum atomic E-state index is 4.19. The van der Waals surface area contributed by atoms with Crippen LogP contribution in [0.15, 0.2) is 53.1 Å². The van der Waals surface area contributed by atoms with Gasteiger partial charge in [-0.2, -0.15) is 0 Å². The number of benzene rings is 1. The van der Waals surface area contributed by atoms with Gasteiger partial charge in [-0.15, -0.1) is 0 Å². The molecule has 0 saturated heterocycles. The van der Waals surface area contributed by atoms with Crippen molar-refractivity contribution in [3.63, 3.8) is 0 Å². The van der Waals surface area contributed by atoms with Crippen molar-refractivity contribution >= 4 is 15.9 Å². The number of halogens is 1. The first-order valence-corrected chi connectivity index (χ1v) is 5.78. The molecule has 1 nitrogen and oxygen atoms in total. The summed E-state index contributed by atoms with van der Waals surface area (Å²) in [4.78, 5) is 4.19. The number of hydrogen-bond donors (Lipinski definition) is 0. The molecule has 0 aliphatic heterocycles. The normalized spacial score (nSPS) is 9.31. The van der Waals surface area contributed by atoms with Crippen molar-refractivity contribution in [3.8, 4) is 11.8 Å². The summed E-state index contributed by atoms with van der Waals surface area (Å²) in [5.74, 6) is 6.15. The Morgan fingerprint density at radius 1 is 1.06 bits per heavy atom. The van der Waals surface area contributed by atoms with Gasteiger partial charge in [-0.25, -0.2) is 4.98 Å². The minimum atomic E-state index is 0.762. The predicted octanol–water partition coefficient (Wildman–Crippen LogP) is 3.44. The fourth-order valence-corrected chi connectivity index (χ4v) is 1.52. The summed E-state index contributed by atoms with van der Waals surface area (Å²) in [5, 5.41) is 0. The second kappa shape index (κ2) is 5.48. The lowest BCUT2D eigenvalue weighted by molar-refractivity contribution is 1.26. The van der Waals surface area contributed by atoms with Gasteiger partial charge < -0.3 is 0 Å². The van der Waals surface area contributed by atoms with E-state index in [1.54, 1.807) is 6.20 Å². The van der Waals surface area contributed by atoms with E-state index < -0.39 is 0 Å². The van der Waals surface area contributed by atoms with Crippen LogP contribution in [0.3, 0.4) is 0 Å². The van der Waals surface area contributed by atoms with Gasteiger partial charge in [0.2, 0.25) is 0 Å². The molecular weight excluding hydrogens is 262 g/mol. The molecule has 0 aliphatic rings. The molecule has 0 unspecified atom stereocenters. The lowest BCUT2D eigenvalue weighted by Gasteiger charge is -1.92. The molecule has 78 valence electrons. The second-order valence-electron chi connectivity index (χ2n) is 3.33. The number of nitrogens with zero attached hydrogens (tertiary/aromatic N) is 1. The lowest BCUT2D eigenvalue weighted by Crippen LogP contribution is -1.82. The van der Waals surface area contributed by atoms with E-state index in [4.69, 9.17) is 0 Å². The third-order valence-electron chi connectivity index (χ3n) is 2.08. The topological polar surface area (TPSA) is 12.9 Å². The molecule has 1 aromatic carbocycles. The maximum absolute atomic E-state index is 4.19. The number of rotatable bonds is 1. The highest BCUT2D eigenvalue weighted by molar-refractivity contribution is 9.10. The molecule has 16 heavy (non-hydrogen) atoms. The van der Waals surface area contributed by atoms with Crippen molar-refractivity contribution in [1.82, 2.24) is 4.98 Å². The summed E-state index contributed by atoms with van der Waals surface area (Å²) >= 11 is 3.34. The minimum absolute atomic E-state index is 0.762. The van der Waals surface area contributed by atoms with Crippen LogP contribution in [0.5, 0.6) is 0 Å². The fraction of sp³-hybridized carbons (Fsp3) is 0.0714. The highest BCUT2D eigenvalue weighted by Crippen LogP contribution is 2.06. The van der Waals surface area contributed by atoms with Crippen LogP contribution < -0.4 is 0 Å². The summed E-state index contributed by atoms with van der Waals surface area (Å²) in [6.45, 7) is 0. The molecule has 0 saturated carbocycles. The van der Waals surface area contributed by atoms with Crippen molar-refractivity contribution in [3.05, 3.63) is 64.4 Å². The molecule has 0 fully saturated rings. The van der Waals surface area contributed by atoms with Gasteiger partial charge in [-0.05, 0) is 39.5 Å². The van der Waals surface area contributed by atoms with E-state index in [2.05, 4.69) is 44.9 Å². The summed E-state index contributed by atoms with van der Waals surface area (Å²) in [6.07, 6.45) is 2.52. The Kier molecular flexibility index (Phi) is 3.74. The van der Waals surface area contributed by atoms with Gasteiger partial charge in [0.25, 0.3) is 0 Å². The van der Waals surface area contributed by atoms with Gasteiger partial charge >= 0.3 is 0 Å². The van der Waals surface area contributed by atoms with Gasteiger partial charge in [-0.3, -0.25) is 0 Å². The zero-order chi connectivity index (χ0) is 11.2. The van der Waals surface area contributed by atoms with Gasteiger partial charge in [0.05, 0.1) is 0 Å². The zero-order valence-electron chi connectivity index (χ0n) is 8.65. The van der Waals surface area contributed by atoms with Crippen LogP contribution in [0.1, 0.15) is 11.3 Å². The third kappa shape index (κ3) is 3.22.